The standard InChI is InChI=1S/C46H77N9O12S/c1-22(2)16-31(40(60)48-20-35(58)49-33(46(66)67)18-24(5)6)50-42(62)34(21-68)52-45(65)38(27(11)56)55-44(64)37(26(9)10)54-41(61)32(17-23(3)4)51-43(63)36(25(7)8)53-39(59)30(47)19-28-12-14-29(57)15-13-28/h12-15,22-27,30-34,36-38,56-57,68H,16-21,47H2,1-11H3,(H,48,60)(H,49,58)(H,50,62)(H,51,63)(H,52,65)(H,53,59)(H,54,61)(H,55,64)(H,66,67)/t27-,30+,31+,32+,33+,34+,36+,37+,38+/m1/s1. The molecule has 0 heterocycles. The Hall–Kier alpha value is -5.48. The molecule has 1 rings (SSSR count). The minimum atomic E-state index is -1.66. The average Bonchev–Trinajstić information content (AvgIpc) is 3.23. The maximum Gasteiger partial charge on any atom is 0.326 e. The summed E-state index contributed by atoms with van der Waals surface area (Å²) >= 11 is 4.20. The van der Waals surface area contributed by atoms with Crippen molar-refractivity contribution in [3.05, 3.63) is 29.8 Å². The summed E-state index contributed by atoms with van der Waals surface area (Å²) < 4.78 is 0. The second-order valence-corrected chi connectivity index (χ2v) is 19.5. The van der Waals surface area contributed by atoms with Crippen LogP contribution in [0.4, 0.5) is 0 Å². The van der Waals surface area contributed by atoms with Crippen LogP contribution in [0.2, 0.25) is 0 Å². The van der Waals surface area contributed by atoms with E-state index in [1.54, 1.807) is 67.5 Å². The van der Waals surface area contributed by atoms with E-state index in [2.05, 4.69) is 55.2 Å². The van der Waals surface area contributed by atoms with Crippen LogP contribution in [0.25, 0.3) is 0 Å². The van der Waals surface area contributed by atoms with E-state index in [0.717, 1.165) is 0 Å². The lowest BCUT2D eigenvalue weighted by Crippen LogP contribution is -2.63. The molecule has 0 unspecified atom stereocenters. The predicted molar refractivity (Wildman–Crippen MR) is 258 cm³/mol. The van der Waals surface area contributed by atoms with Crippen LogP contribution in [-0.4, -0.2) is 135 Å². The number of amides is 8. The first kappa shape index (κ1) is 60.5. The van der Waals surface area contributed by atoms with Crippen LogP contribution in [0.5, 0.6) is 5.75 Å². The highest BCUT2D eigenvalue weighted by molar-refractivity contribution is 7.80. The molecule has 0 radical (unpaired) electrons. The largest absolute Gasteiger partial charge is 0.508 e. The summed E-state index contributed by atoms with van der Waals surface area (Å²) in [6.45, 7) is 18.1. The predicted octanol–water partition coefficient (Wildman–Crippen LogP) is -0.383. The SMILES string of the molecule is CC(C)C[C@H](NC(=O)CNC(=O)[C@H](CC(C)C)NC(=O)[C@H](CS)NC(=O)[C@@H](NC(=O)[C@@H](NC(=O)[C@H](CC(C)C)NC(=O)[C@@H](NC(=O)[C@@H](N)Cc1ccc(O)cc1)C(C)C)C(C)C)[C@@H](C)O)C(=O)O. The molecule has 384 valence electrons. The van der Waals surface area contributed by atoms with E-state index in [9.17, 15) is 58.5 Å². The third-order valence-electron chi connectivity index (χ3n) is 10.5. The number of hydrogen-bond donors (Lipinski definition) is 13. The molecule has 0 aromatic heterocycles. The van der Waals surface area contributed by atoms with Crippen molar-refractivity contribution in [2.45, 2.75) is 156 Å². The third-order valence-corrected chi connectivity index (χ3v) is 10.9. The lowest BCUT2D eigenvalue weighted by atomic mass is 9.97. The van der Waals surface area contributed by atoms with Crippen LogP contribution in [-0.2, 0) is 49.6 Å². The highest BCUT2D eigenvalue weighted by Gasteiger charge is 2.36. The molecule has 8 amide bonds. The zero-order valence-electron chi connectivity index (χ0n) is 41.2. The van der Waals surface area contributed by atoms with E-state index in [1.807, 2.05) is 13.8 Å². The molecule has 0 saturated heterocycles. The van der Waals surface area contributed by atoms with Crippen LogP contribution in [0.1, 0.15) is 101 Å². The highest BCUT2D eigenvalue weighted by Crippen LogP contribution is 2.14. The molecule has 22 heteroatoms. The van der Waals surface area contributed by atoms with Gasteiger partial charge in [0.2, 0.25) is 47.3 Å². The smallest absolute Gasteiger partial charge is 0.326 e. The molecule has 0 saturated carbocycles. The Morgan fingerprint density at radius 2 is 0.926 bits per heavy atom. The van der Waals surface area contributed by atoms with Gasteiger partial charge in [0.25, 0.3) is 0 Å². The molecule has 1 aromatic rings. The number of carboxylic acid groups (broad SMARTS) is 1. The maximum absolute atomic E-state index is 13.9. The Labute approximate surface area is 405 Å². The number of aliphatic hydroxyl groups is 1. The molecule has 0 aliphatic rings. The summed E-state index contributed by atoms with van der Waals surface area (Å²) in [6, 6.07) is -3.85. The van der Waals surface area contributed by atoms with Gasteiger partial charge in [0.05, 0.1) is 18.7 Å². The number of thiol groups is 1. The molecule has 0 spiro atoms. The molecular weight excluding hydrogens is 903 g/mol. The number of benzene rings is 1. The molecule has 68 heavy (non-hydrogen) atoms. The Morgan fingerprint density at radius 1 is 0.529 bits per heavy atom. The molecule has 9 atom stereocenters. The van der Waals surface area contributed by atoms with E-state index in [-0.39, 0.29) is 54.9 Å². The number of aliphatic carboxylic acids is 1. The fraction of sp³-hybridized carbons (Fsp3) is 0.674. The summed E-state index contributed by atoms with van der Waals surface area (Å²) in [4.78, 5) is 119. The molecule has 0 aliphatic heterocycles. The van der Waals surface area contributed by atoms with Gasteiger partial charge < -0.3 is 63.6 Å². The number of hydrogen-bond acceptors (Lipinski definition) is 13. The van der Waals surface area contributed by atoms with Crippen molar-refractivity contribution in [2.24, 2.45) is 35.3 Å². The quantitative estimate of drug-likeness (QED) is 0.0456. The summed E-state index contributed by atoms with van der Waals surface area (Å²) in [6.07, 6.45) is -0.988. The van der Waals surface area contributed by atoms with Crippen LogP contribution < -0.4 is 48.3 Å². The van der Waals surface area contributed by atoms with Crippen molar-refractivity contribution in [2.75, 3.05) is 12.3 Å². The highest BCUT2D eigenvalue weighted by atomic mass is 32.1. The second kappa shape index (κ2) is 29.4. The van der Waals surface area contributed by atoms with Crippen LogP contribution >= 0.6 is 12.6 Å². The Morgan fingerprint density at radius 3 is 1.38 bits per heavy atom. The normalized spacial score (nSPS) is 15.5. The number of aliphatic hydroxyl groups excluding tert-OH is 1. The topological polar surface area (TPSA) is 337 Å². The van der Waals surface area contributed by atoms with Crippen molar-refractivity contribution in [1.82, 2.24) is 42.5 Å². The van der Waals surface area contributed by atoms with Crippen molar-refractivity contribution in [1.29, 1.82) is 0 Å². The molecular formula is C46H77N9O12S. The molecule has 1 aromatic carbocycles. The number of nitrogens with one attached hydrogen (secondary N) is 8. The summed E-state index contributed by atoms with van der Waals surface area (Å²) in [5.74, 6) is -9.02. The molecule has 0 bridgehead atoms. The van der Waals surface area contributed by atoms with E-state index in [0.29, 0.717) is 5.56 Å². The van der Waals surface area contributed by atoms with Crippen molar-refractivity contribution in [3.8, 4) is 5.75 Å². The van der Waals surface area contributed by atoms with Gasteiger partial charge >= 0.3 is 5.97 Å². The van der Waals surface area contributed by atoms with Crippen LogP contribution in [0.15, 0.2) is 24.3 Å². The molecule has 0 aliphatic carbocycles. The number of phenolic OH excluding ortho intramolecular Hbond substituents is 1. The fourth-order valence-electron chi connectivity index (χ4n) is 6.84. The maximum atomic E-state index is 13.9. The van der Waals surface area contributed by atoms with E-state index >= 15 is 0 Å². The number of carbonyl (C=O) groups excluding carboxylic acids is 8. The van der Waals surface area contributed by atoms with Crippen LogP contribution in [0, 0.1) is 29.6 Å². The third kappa shape index (κ3) is 21.6. The average molecular weight is 980 g/mol. The van der Waals surface area contributed by atoms with E-state index in [4.69, 9.17) is 5.73 Å². The van der Waals surface area contributed by atoms with Gasteiger partial charge in [-0.2, -0.15) is 12.6 Å². The zero-order chi connectivity index (χ0) is 52.2. The zero-order valence-corrected chi connectivity index (χ0v) is 42.1. The monoisotopic (exact) mass is 980 g/mol. The first-order valence-electron chi connectivity index (χ1n) is 23.0. The number of carbonyl (C=O) groups is 9. The van der Waals surface area contributed by atoms with Crippen molar-refractivity contribution in [3.63, 3.8) is 0 Å². The Bertz CT molecular complexity index is 1860. The summed E-state index contributed by atoms with van der Waals surface area (Å²) in [5, 5.41) is 49.9. The summed E-state index contributed by atoms with van der Waals surface area (Å²) in [7, 11) is 0. The Balaban J connectivity index is 3.13. The van der Waals surface area contributed by atoms with Gasteiger partial charge in [0, 0.05) is 5.75 Å². The van der Waals surface area contributed by atoms with E-state index in [1.165, 1.54) is 19.1 Å². The number of aromatic hydroxyl groups is 1. The minimum absolute atomic E-state index is 0.0332. The lowest BCUT2D eigenvalue weighted by Gasteiger charge is -2.30. The summed E-state index contributed by atoms with van der Waals surface area (Å²) in [5.41, 5.74) is 6.84. The van der Waals surface area contributed by atoms with Crippen molar-refractivity contribution >= 4 is 65.9 Å². The van der Waals surface area contributed by atoms with Gasteiger partial charge in [-0.3, -0.25) is 38.4 Å². The molecule has 0 fully saturated rings. The number of carboxylic acids is 1. The molecule has 21 nitrogen and oxygen atoms in total. The lowest BCUT2D eigenvalue weighted by molar-refractivity contribution is -0.142. The van der Waals surface area contributed by atoms with Gasteiger partial charge in [-0.15, -0.1) is 0 Å². The number of rotatable bonds is 29. The minimum Gasteiger partial charge on any atom is -0.508 e. The fourth-order valence-corrected chi connectivity index (χ4v) is 7.09. The van der Waals surface area contributed by atoms with Gasteiger partial charge in [-0.05, 0) is 79.9 Å². The van der Waals surface area contributed by atoms with Gasteiger partial charge in [0.1, 0.15) is 48.0 Å². The first-order chi connectivity index (χ1) is 31.6. The van der Waals surface area contributed by atoms with Gasteiger partial charge in [-0.1, -0.05) is 81.4 Å². The van der Waals surface area contributed by atoms with Crippen LogP contribution in [0.3, 0.4) is 0 Å². The van der Waals surface area contributed by atoms with Crippen molar-refractivity contribution < 1.29 is 58.5 Å². The number of nitrogens with two attached hydrogens (primary N) is 1. The number of phenols is 1. The first-order valence-corrected chi connectivity index (χ1v) is 23.7. The molecule has 13 N–H and O–H groups in total. The van der Waals surface area contributed by atoms with E-state index < -0.39 is 126 Å². The van der Waals surface area contributed by atoms with Gasteiger partial charge in [-0.25, -0.2) is 4.79 Å². The van der Waals surface area contributed by atoms with Gasteiger partial charge in [0.15, 0.2) is 0 Å². The second-order valence-electron chi connectivity index (χ2n) is 19.1. The Kier molecular flexibility index (Phi) is 26.2.